The Morgan fingerprint density at radius 1 is 1.00 bits per heavy atom. The molecule has 13 heteroatoms. The van der Waals surface area contributed by atoms with E-state index in [-0.39, 0.29) is 52.0 Å². The van der Waals surface area contributed by atoms with Crippen LogP contribution < -0.4 is 26.2 Å². The molecule has 0 aliphatic heterocycles. The van der Waals surface area contributed by atoms with Crippen molar-refractivity contribution in [2.45, 2.75) is 13.5 Å². The monoisotopic (exact) mass is 570 g/mol. The van der Waals surface area contributed by atoms with E-state index in [0.717, 1.165) is 11.1 Å². The molecular formula is C26H24Cl2N6O5. The van der Waals surface area contributed by atoms with Gasteiger partial charge < -0.3 is 20.1 Å². The normalized spacial score (nSPS) is 10.7. The highest BCUT2D eigenvalue weighted by Crippen LogP contribution is 2.38. The maximum Gasteiger partial charge on any atom is 0.324 e. The van der Waals surface area contributed by atoms with Gasteiger partial charge in [-0.25, -0.2) is 14.5 Å². The molecule has 2 heterocycles. The molecule has 0 fully saturated rings. The van der Waals surface area contributed by atoms with Crippen LogP contribution in [0.25, 0.3) is 5.69 Å². The number of ether oxygens (including phenoxy) is 2. The Bertz CT molecular complexity index is 1550. The zero-order valence-electron chi connectivity index (χ0n) is 20.9. The molecule has 0 atom stereocenters. The zero-order valence-corrected chi connectivity index (χ0v) is 22.4. The van der Waals surface area contributed by atoms with Crippen molar-refractivity contribution < 1.29 is 19.1 Å². The summed E-state index contributed by atoms with van der Waals surface area (Å²) < 4.78 is 12.0. The Kier molecular flexibility index (Phi) is 8.87. The van der Waals surface area contributed by atoms with Crippen LogP contribution in [0.15, 0.2) is 65.6 Å². The molecule has 202 valence electrons. The Hall–Kier alpha value is -4.32. The number of methoxy groups -OCH3 is 1. The second-order valence-electron chi connectivity index (χ2n) is 8.31. The number of H-pyrrole nitrogens is 1. The van der Waals surface area contributed by atoms with Gasteiger partial charge in [0, 0.05) is 19.4 Å². The van der Waals surface area contributed by atoms with E-state index in [1.165, 1.54) is 30.1 Å². The van der Waals surface area contributed by atoms with Crippen molar-refractivity contribution in [1.29, 1.82) is 0 Å². The van der Waals surface area contributed by atoms with Gasteiger partial charge in [-0.05, 0) is 48.9 Å². The molecule has 2 aromatic heterocycles. The van der Waals surface area contributed by atoms with Crippen molar-refractivity contribution in [2.24, 2.45) is 0 Å². The predicted octanol–water partition coefficient (Wildman–Crippen LogP) is 4.98. The summed E-state index contributed by atoms with van der Waals surface area (Å²) in [5, 5.41) is 10.7. The summed E-state index contributed by atoms with van der Waals surface area (Å²) in [5.41, 5.74) is 2.29. The molecule has 11 nitrogen and oxygen atoms in total. The van der Waals surface area contributed by atoms with E-state index >= 15 is 0 Å². The number of urea groups is 1. The number of hydrogen-bond donors (Lipinski definition) is 4. The third kappa shape index (κ3) is 7.17. The number of carbonyl (C=O) groups excluding carboxylic acids is 2. The summed E-state index contributed by atoms with van der Waals surface area (Å²) in [6, 6.07) is 14.5. The zero-order chi connectivity index (χ0) is 27.9. The molecule has 2 aromatic carbocycles. The van der Waals surface area contributed by atoms with Gasteiger partial charge in [-0.2, -0.15) is 0 Å². The molecule has 0 aliphatic rings. The minimum absolute atomic E-state index is 0.0663. The molecule has 4 aromatic rings. The SMILES string of the molecule is COCC(=O)Nc1cc(COc2ccc(NC(=O)Nc3cc(=O)[nH]n3-c3ccc(C)cc3)c(Cl)c2Cl)ccn1. The maximum atomic E-state index is 12.7. The van der Waals surface area contributed by atoms with Crippen LogP contribution in [0.3, 0.4) is 0 Å². The first-order chi connectivity index (χ1) is 18.7. The lowest BCUT2D eigenvalue weighted by Gasteiger charge is -2.14. The third-order valence-corrected chi connectivity index (χ3v) is 6.19. The quantitative estimate of drug-likeness (QED) is 0.223. The number of nitrogens with one attached hydrogen (secondary N) is 4. The highest BCUT2D eigenvalue weighted by Gasteiger charge is 2.16. The molecule has 0 radical (unpaired) electrons. The average molecular weight is 571 g/mol. The van der Waals surface area contributed by atoms with E-state index < -0.39 is 6.03 Å². The highest BCUT2D eigenvalue weighted by molar-refractivity contribution is 6.45. The Morgan fingerprint density at radius 2 is 1.77 bits per heavy atom. The molecule has 3 amide bonds. The lowest BCUT2D eigenvalue weighted by atomic mass is 10.2. The van der Waals surface area contributed by atoms with E-state index in [9.17, 15) is 14.4 Å². The largest absolute Gasteiger partial charge is 0.487 e. The van der Waals surface area contributed by atoms with Crippen molar-refractivity contribution in [3.63, 3.8) is 0 Å². The van der Waals surface area contributed by atoms with Gasteiger partial charge in [-0.3, -0.25) is 20.0 Å². The van der Waals surface area contributed by atoms with Crippen molar-refractivity contribution in [3.05, 3.63) is 92.3 Å². The fourth-order valence-electron chi connectivity index (χ4n) is 3.49. The molecule has 4 rings (SSSR count). The standard InChI is InChI=1S/C26H24Cl2N6O5/c1-15-3-5-17(6-4-15)34-21(12-22(35)33-34)32-26(37)30-18-7-8-19(25(28)24(18)27)39-13-16-9-10-29-20(11-16)31-23(36)14-38-2/h3-12H,13-14H2,1-2H3,(H,33,35)(H,29,31,36)(H2,30,32,37). The van der Waals surface area contributed by atoms with Gasteiger partial charge in [0.15, 0.2) is 0 Å². The van der Waals surface area contributed by atoms with Gasteiger partial charge in [-0.1, -0.05) is 40.9 Å². The van der Waals surface area contributed by atoms with Crippen LogP contribution >= 0.6 is 23.2 Å². The second kappa shape index (κ2) is 12.5. The molecule has 0 spiro atoms. The fourth-order valence-corrected chi connectivity index (χ4v) is 3.92. The Morgan fingerprint density at radius 3 is 2.51 bits per heavy atom. The molecule has 0 aliphatic carbocycles. The lowest BCUT2D eigenvalue weighted by molar-refractivity contribution is -0.119. The van der Waals surface area contributed by atoms with Crippen molar-refractivity contribution in [1.82, 2.24) is 14.8 Å². The summed E-state index contributed by atoms with van der Waals surface area (Å²) in [7, 11) is 1.42. The number of amides is 3. The topological polar surface area (TPSA) is 139 Å². The summed E-state index contributed by atoms with van der Waals surface area (Å²) in [4.78, 5) is 40.5. The van der Waals surface area contributed by atoms with E-state index in [4.69, 9.17) is 32.7 Å². The number of rotatable bonds is 9. The molecule has 0 unspecified atom stereocenters. The number of carbonyl (C=O) groups is 2. The van der Waals surface area contributed by atoms with Gasteiger partial charge in [0.1, 0.15) is 35.6 Å². The molecule has 39 heavy (non-hydrogen) atoms. The first-order valence-electron chi connectivity index (χ1n) is 11.5. The van der Waals surface area contributed by atoms with Crippen LogP contribution in [0.5, 0.6) is 5.75 Å². The summed E-state index contributed by atoms with van der Waals surface area (Å²) >= 11 is 12.8. The summed E-state index contributed by atoms with van der Waals surface area (Å²) in [6.45, 7) is 1.97. The number of aryl methyl sites for hydroxylation is 1. The molecule has 0 bridgehead atoms. The van der Waals surface area contributed by atoms with Crippen LogP contribution in [0.2, 0.25) is 10.0 Å². The smallest absolute Gasteiger partial charge is 0.324 e. The molecular weight excluding hydrogens is 547 g/mol. The number of benzene rings is 2. The van der Waals surface area contributed by atoms with Crippen LogP contribution in [-0.4, -0.2) is 40.4 Å². The molecule has 0 saturated heterocycles. The van der Waals surface area contributed by atoms with Gasteiger partial charge >= 0.3 is 6.03 Å². The van der Waals surface area contributed by atoms with Crippen LogP contribution in [0, 0.1) is 6.92 Å². The van der Waals surface area contributed by atoms with E-state index in [1.807, 2.05) is 31.2 Å². The molecule has 0 saturated carbocycles. The number of hydrogen-bond acceptors (Lipinski definition) is 6. The summed E-state index contributed by atoms with van der Waals surface area (Å²) in [5.74, 6) is 0.537. The first kappa shape index (κ1) is 27.7. The van der Waals surface area contributed by atoms with Crippen LogP contribution in [-0.2, 0) is 16.1 Å². The number of aromatic amines is 1. The van der Waals surface area contributed by atoms with Gasteiger partial charge in [0.2, 0.25) is 0 Å². The number of nitrogens with zero attached hydrogens (tertiary/aromatic N) is 2. The van der Waals surface area contributed by atoms with Crippen LogP contribution in [0.1, 0.15) is 11.1 Å². The second-order valence-corrected chi connectivity index (χ2v) is 9.07. The number of aromatic nitrogens is 3. The maximum absolute atomic E-state index is 12.7. The van der Waals surface area contributed by atoms with Crippen molar-refractivity contribution >= 4 is 52.5 Å². The minimum Gasteiger partial charge on any atom is -0.487 e. The van der Waals surface area contributed by atoms with E-state index in [0.29, 0.717) is 11.5 Å². The third-order valence-electron chi connectivity index (χ3n) is 5.32. The minimum atomic E-state index is -0.638. The van der Waals surface area contributed by atoms with E-state index in [1.54, 1.807) is 18.2 Å². The van der Waals surface area contributed by atoms with Gasteiger partial charge in [0.25, 0.3) is 11.5 Å². The van der Waals surface area contributed by atoms with Gasteiger partial charge in [0.05, 0.1) is 16.4 Å². The number of anilines is 3. The van der Waals surface area contributed by atoms with Crippen LogP contribution in [0.4, 0.5) is 22.1 Å². The van der Waals surface area contributed by atoms with E-state index in [2.05, 4.69) is 26.0 Å². The lowest BCUT2D eigenvalue weighted by Crippen LogP contribution is -2.21. The number of pyridine rings is 1. The average Bonchev–Trinajstić information content (AvgIpc) is 3.26. The van der Waals surface area contributed by atoms with Crippen molar-refractivity contribution in [2.75, 3.05) is 29.7 Å². The van der Waals surface area contributed by atoms with Crippen molar-refractivity contribution in [3.8, 4) is 11.4 Å². The Balaban J connectivity index is 1.41. The fraction of sp³-hybridized carbons (Fsp3) is 0.154. The first-order valence-corrected chi connectivity index (χ1v) is 12.3. The van der Waals surface area contributed by atoms with Gasteiger partial charge in [-0.15, -0.1) is 0 Å². The predicted molar refractivity (Wildman–Crippen MR) is 149 cm³/mol. The molecule has 4 N–H and O–H groups in total. The Labute approximate surface area is 233 Å². The highest BCUT2D eigenvalue weighted by atomic mass is 35.5. The summed E-state index contributed by atoms with van der Waals surface area (Å²) in [6.07, 6.45) is 1.53. The number of halogens is 2.